The standard InChI is InChI=1S/C28H21N3O4/c1-31-26-23(27(33)30-28(31)34)21(22-24(29-26)19-9-5-6-10-20(19)25(22)32)17-11-13-18(14-12-17)35-15-16-7-3-2-4-8-16/h2-14,21,29H,15H2,1H3,(H,30,33,34)/t21-/m0/s1. The van der Waals surface area contributed by atoms with Gasteiger partial charge in [-0.3, -0.25) is 19.1 Å². The van der Waals surface area contributed by atoms with Crippen molar-refractivity contribution in [1.82, 2.24) is 9.55 Å². The summed E-state index contributed by atoms with van der Waals surface area (Å²) in [5.74, 6) is 0.295. The number of hydrogen-bond acceptors (Lipinski definition) is 5. The maximum Gasteiger partial charge on any atom is 0.329 e. The average molecular weight is 463 g/mol. The summed E-state index contributed by atoms with van der Waals surface area (Å²) < 4.78 is 7.29. The lowest BCUT2D eigenvalue weighted by Crippen LogP contribution is -2.37. The Kier molecular flexibility index (Phi) is 4.77. The lowest BCUT2D eigenvalue weighted by atomic mass is 9.81. The van der Waals surface area contributed by atoms with Gasteiger partial charge >= 0.3 is 5.69 Å². The summed E-state index contributed by atoms with van der Waals surface area (Å²) in [6.45, 7) is 0.432. The van der Waals surface area contributed by atoms with Crippen LogP contribution in [0.3, 0.4) is 0 Å². The molecule has 0 saturated heterocycles. The van der Waals surface area contributed by atoms with Gasteiger partial charge in [0, 0.05) is 29.7 Å². The molecule has 1 aliphatic carbocycles. The number of aromatic amines is 1. The Bertz CT molecular complexity index is 1630. The number of nitrogens with zero attached hydrogens (tertiary/aromatic N) is 1. The molecular formula is C28H21N3O4. The predicted octanol–water partition coefficient (Wildman–Crippen LogP) is 3.82. The molecule has 0 saturated carbocycles. The molecule has 0 spiro atoms. The lowest BCUT2D eigenvalue weighted by molar-refractivity contribution is 0.103. The first-order valence-electron chi connectivity index (χ1n) is 11.3. The molecule has 1 atom stereocenters. The van der Waals surface area contributed by atoms with Crippen molar-refractivity contribution >= 4 is 17.3 Å². The van der Waals surface area contributed by atoms with Gasteiger partial charge in [-0.2, -0.15) is 0 Å². The molecule has 3 aromatic carbocycles. The molecule has 2 aliphatic rings. The second-order valence-electron chi connectivity index (χ2n) is 8.65. The molecule has 35 heavy (non-hydrogen) atoms. The first-order valence-corrected chi connectivity index (χ1v) is 11.3. The Balaban J connectivity index is 1.45. The number of carbonyl (C=O) groups is 1. The molecule has 2 heterocycles. The third-order valence-corrected chi connectivity index (χ3v) is 6.60. The fourth-order valence-corrected chi connectivity index (χ4v) is 4.86. The van der Waals surface area contributed by atoms with E-state index < -0.39 is 17.2 Å². The van der Waals surface area contributed by atoms with Gasteiger partial charge in [-0.1, -0.05) is 66.7 Å². The minimum absolute atomic E-state index is 0.128. The fraction of sp³-hybridized carbons (Fsp3) is 0.107. The SMILES string of the molecule is Cn1c2c(c(=O)[nH]c1=O)[C@@H](c1ccc(OCc3ccccc3)cc1)C1=C(N2)c2ccccc2C1=O. The molecule has 172 valence electrons. The predicted molar refractivity (Wildman–Crippen MR) is 133 cm³/mol. The highest BCUT2D eigenvalue weighted by molar-refractivity contribution is 6.23. The van der Waals surface area contributed by atoms with Crippen LogP contribution in [0.15, 0.2) is 94.0 Å². The summed E-state index contributed by atoms with van der Waals surface area (Å²) in [5.41, 5.74) is 3.59. The average Bonchev–Trinajstić information content (AvgIpc) is 3.18. The third-order valence-electron chi connectivity index (χ3n) is 6.60. The van der Waals surface area contributed by atoms with Crippen molar-refractivity contribution in [2.24, 2.45) is 7.05 Å². The van der Waals surface area contributed by atoms with Crippen molar-refractivity contribution < 1.29 is 9.53 Å². The van der Waals surface area contributed by atoms with E-state index in [9.17, 15) is 14.4 Å². The summed E-state index contributed by atoms with van der Waals surface area (Å²) in [4.78, 5) is 41.3. The summed E-state index contributed by atoms with van der Waals surface area (Å²) in [5, 5.41) is 3.22. The van der Waals surface area contributed by atoms with Crippen molar-refractivity contribution in [3.05, 3.63) is 133 Å². The van der Waals surface area contributed by atoms with Gasteiger partial charge in [0.15, 0.2) is 5.78 Å². The van der Waals surface area contributed by atoms with Gasteiger partial charge in [-0.05, 0) is 23.3 Å². The topological polar surface area (TPSA) is 93.2 Å². The number of rotatable bonds is 4. The first kappa shape index (κ1) is 20.9. The highest BCUT2D eigenvalue weighted by Gasteiger charge is 2.42. The number of aromatic nitrogens is 2. The summed E-state index contributed by atoms with van der Waals surface area (Å²) in [7, 11) is 1.59. The third kappa shape index (κ3) is 3.32. The largest absolute Gasteiger partial charge is 0.489 e. The fourth-order valence-electron chi connectivity index (χ4n) is 4.86. The minimum atomic E-state index is -0.639. The number of nitrogens with one attached hydrogen (secondary N) is 2. The van der Waals surface area contributed by atoms with Gasteiger partial charge in [0.25, 0.3) is 5.56 Å². The number of allylic oxidation sites excluding steroid dienone is 1. The van der Waals surface area contributed by atoms with Crippen LogP contribution >= 0.6 is 0 Å². The molecule has 4 aromatic rings. The molecule has 1 aliphatic heterocycles. The second kappa shape index (κ2) is 7.99. The van der Waals surface area contributed by atoms with Crippen molar-refractivity contribution in [2.45, 2.75) is 12.5 Å². The number of ketones is 1. The zero-order valence-corrected chi connectivity index (χ0v) is 18.9. The van der Waals surface area contributed by atoms with Crippen molar-refractivity contribution in [3.8, 4) is 5.75 Å². The molecule has 2 N–H and O–H groups in total. The van der Waals surface area contributed by atoms with Gasteiger partial charge in [-0.25, -0.2) is 4.79 Å². The van der Waals surface area contributed by atoms with Crippen molar-refractivity contribution in [3.63, 3.8) is 0 Å². The van der Waals surface area contributed by atoms with E-state index in [2.05, 4.69) is 10.3 Å². The Hall–Kier alpha value is -4.65. The van der Waals surface area contributed by atoms with Crippen LogP contribution in [-0.4, -0.2) is 15.3 Å². The lowest BCUT2D eigenvalue weighted by Gasteiger charge is -2.29. The quantitative estimate of drug-likeness (QED) is 0.480. The van der Waals surface area contributed by atoms with Crippen LogP contribution in [0.4, 0.5) is 5.82 Å². The summed E-state index contributed by atoms with van der Waals surface area (Å²) >= 11 is 0. The molecule has 0 amide bonds. The summed E-state index contributed by atoms with van der Waals surface area (Å²) in [6, 6.07) is 24.6. The molecule has 7 nitrogen and oxygen atoms in total. The smallest absolute Gasteiger partial charge is 0.329 e. The van der Waals surface area contributed by atoms with Crippen LogP contribution in [0, 0.1) is 0 Å². The number of carbonyl (C=O) groups excluding carboxylic acids is 1. The second-order valence-corrected chi connectivity index (χ2v) is 8.65. The molecule has 1 aromatic heterocycles. The van der Waals surface area contributed by atoms with Crippen LogP contribution in [0.1, 0.15) is 38.5 Å². The van der Waals surface area contributed by atoms with Gasteiger partial charge in [0.2, 0.25) is 0 Å². The number of hydrogen-bond donors (Lipinski definition) is 2. The van der Waals surface area contributed by atoms with Gasteiger partial charge in [0.1, 0.15) is 18.2 Å². The van der Waals surface area contributed by atoms with Crippen LogP contribution in [0.2, 0.25) is 0 Å². The number of fused-ring (bicyclic) bond motifs is 3. The van der Waals surface area contributed by atoms with E-state index in [0.29, 0.717) is 40.6 Å². The normalized spacial score (nSPS) is 15.8. The zero-order chi connectivity index (χ0) is 24.1. The van der Waals surface area contributed by atoms with E-state index in [-0.39, 0.29) is 5.78 Å². The number of anilines is 1. The number of H-pyrrole nitrogens is 1. The van der Waals surface area contributed by atoms with Crippen LogP contribution in [0.5, 0.6) is 5.75 Å². The van der Waals surface area contributed by atoms with Crippen LogP contribution in [-0.2, 0) is 13.7 Å². The van der Waals surface area contributed by atoms with Gasteiger partial charge in [-0.15, -0.1) is 0 Å². The Labute approximate surface area is 200 Å². The molecule has 7 heteroatoms. The van der Waals surface area contributed by atoms with Crippen LogP contribution < -0.4 is 21.3 Å². The van der Waals surface area contributed by atoms with Crippen LogP contribution in [0.25, 0.3) is 5.70 Å². The van der Waals surface area contributed by atoms with Gasteiger partial charge in [0.05, 0.1) is 11.3 Å². The maximum atomic E-state index is 13.5. The highest BCUT2D eigenvalue weighted by atomic mass is 16.5. The summed E-state index contributed by atoms with van der Waals surface area (Å²) in [6.07, 6.45) is 0. The minimum Gasteiger partial charge on any atom is -0.489 e. The van der Waals surface area contributed by atoms with Crippen molar-refractivity contribution in [2.75, 3.05) is 5.32 Å². The van der Waals surface area contributed by atoms with E-state index in [1.807, 2.05) is 72.8 Å². The maximum absolute atomic E-state index is 13.5. The molecular weight excluding hydrogens is 442 g/mol. The van der Waals surface area contributed by atoms with E-state index in [4.69, 9.17) is 4.74 Å². The number of Topliss-reactive ketones (excluding diaryl/α,β-unsaturated/α-hetero) is 1. The van der Waals surface area contributed by atoms with E-state index in [1.54, 1.807) is 13.1 Å². The van der Waals surface area contributed by atoms with E-state index in [1.165, 1.54) is 4.57 Å². The molecule has 0 radical (unpaired) electrons. The van der Waals surface area contributed by atoms with E-state index >= 15 is 0 Å². The van der Waals surface area contributed by atoms with Gasteiger partial charge < -0.3 is 10.1 Å². The van der Waals surface area contributed by atoms with E-state index in [0.717, 1.165) is 16.7 Å². The monoisotopic (exact) mass is 463 g/mol. The number of ether oxygens (including phenoxy) is 1. The Morgan fingerprint density at radius 1 is 0.857 bits per heavy atom. The van der Waals surface area contributed by atoms with Crippen molar-refractivity contribution in [1.29, 1.82) is 0 Å². The molecule has 6 rings (SSSR count). The zero-order valence-electron chi connectivity index (χ0n) is 18.9. The number of benzene rings is 3. The molecule has 0 unspecified atom stereocenters. The molecule has 0 fully saturated rings. The first-order chi connectivity index (χ1) is 17.0. The Morgan fingerprint density at radius 3 is 2.29 bits per heavy atom. The highest BCUT2D eigenvalue weighted by Crippen LogP contribution is 2.47. The molecule has 0 bridgehead atoms. The Morgan fingerprint density at radius 2 is 1.54 bits per heavy atom.